The van der Waals surface area contributed by atoms with Gasteiger partial charge in [-0.3, -0.25) is 14.6 Å². The lowest BCUT2D eigenvalue weighted by molar-refractivity contribution is 0.0247. The number of carbonyl (C=O) groups excluding carboxylic acids is 3. The van der Waals surface area contributed by atoms with Gasteiger partial charge in [-0.25, -0.2) is 9.69 Å². The van der Waals surface area contributed by atoms with Crippen molar-refractivity contribution < 1.29 is 24.2 Å². The molecule has 0 fully saturated rings. The predicted molar refractivity (Wildman–Crippen MR) is 71.8 cm³/mol. The molecule has 7 heteroatoms. The van der Waals surface area contributed by atoms with Gasteiger partial charge in [-0.1, -0.05) is 0 Å². The number of Topliss-reactive ketones (excluding diaryl/α,β-unsaturated/α-hetero) is 1. The number of nitrogens with zero attached hydrogens (tertiary/aromatic N) is 2. The van der Waals surface area contributed by atoms with E-state index in [-0.39, 0.29) is 17.8 Å². The molecule has 0 atom stereocenters. The standard InChI is InChI=1S/C14H16N2O5/c1-14(2,3)21-13(20)16-6-9-8(12(16)19)4-5-15-11(9)10(18)7-17/h4-5,17H,6-7H2,1-3H3. The fourth-order valence-electron chi connectivity index (χ4n) is 2.01. The molecule has 2 amide bonds. The summed E-state index contributed by atoms with van der Waals surface area (Å²) < 4.78 is 5.16. The van der Waals surface area contributed by atoms with Crippen LogP contribution in [-0.4, -0.2) is 45.0 Å². The highest BCUT2D eigenvalue weighted by Gasteiger charge is 2.37. The molecule has 112 valence electrons. The molecule has 0 unspecified atom stereocenters. The van der Waals surface area contributed by atoms with Crippen molar-refractivity contribution >= 4 is 17.8 Å². The number of pyridine rings is 1. The van der Waals surface area contributed by atoms with Crippen molar-refractivity contribution in [3.05, 3.63) is 29.1 Å². The number of imide groups is 1. The van der Waals surface area contributed by atoms with Crippen LogP contribution in [0.4, 0.5) is 4.79 Å². The Bertz CT molecular complexity index is 618. The zero-order valence-corrected chi connectivity index (χ0v) is 12.0. The van der Waals surface area contributed by atoms with Gasteiger partial charge in [-0.05, 0) is 26.8 Å². The highest BCUT2D eigenvalue weighted by molar-refractivity contribution is 6.09. The second kappa shape index (κ2) is 5.25. The third-order valence-electron chi connectivity index (χ3n) is 2.87. The van der Waals surface area contributed by atoms with E-state index in [1.165, 1.54) is 12.3 Å². The van der Waals surface area contributed by atoms with Crippen LogP contribution >= 0.6 is 0 Å². The Hall–Kier alpha value is -2.28. The van der Waals surface area contributed by atoms with Crippen LogP contribution in [0.3, 0.4) is 0 Å². The van der Waals surface area contributed by atoms with E-state index >= 15 is 0 Å². The van der Waals surface area contributed by atoms with E-state index in [9.17, 15) is 14.4 Å². The van der Waals surface area contributed by atoms with Gasteiger partial charge in [0.25, 0.3) is 5.91 Å². The molecule has 1 aromatic heterocycles. The van der Waals surface area contributed by atoms with Gasteiger partial charge in [0.1, 0.15) is 17.9 Å². The number of carbonyl (C=O) groups is 3. The maximum Gasteiger partial charge on any atom is 0.417 e. The molecule has 0 radical (unpaired) electrons. The van der Waals surface area contributed by atoms with E-state index in [1.54, 1.807) is 20.8 Å². The first-order valence-electron chi connectivity index (χ1n) is 6.41. The number of fused-ring (bicyclic) bond motifs is 1. The molecule has 21 heavy (non-hydrogen) atoms. The Kier molecular flexibility index (Phi) is 3.78. The number of ketones is 1. The summed E-state index contributed by atoms with van der Waals surface area (Å²) in [6.45, 7) is 4.30. The molecule has 7 nitrogen and oxygen atoms in total. The topological polar surface area (TPSA) is 96.8 Å². The van der Waals surface area contributed by atoms with Crippen molar-refractivity contribution in [3.63, 3.8) is 0 Å². The van der Waals surface area contributed by atoms with E-state index in [1.807, 2.05) is 0 Å². The van der Waals surface area contributed by atoms with Crippen molar-refractivity contribution in [2.45, 2.75) is 32.9 Å². The lowest BCUT2D eigenvalue weighted by Gasteiger charge is -2.23. The number of rotatable bonds is 2. The third kappa shape index (κ3) is 2.92. The first-order valence-corrected chi connectivity index (χ1v) is 6.41. The van der Waals surface area contributed by atoms with Crippen LogP contribution in [0.5, 0.6) is 0 Å². The first-order chi connectivity index (χ1) is 9.74. The van der Waals surface area contributed by atoms with Crippen molar-refractivity contribution in [2.24, 2.45) is 0 Å². The molecule has 2 rings (SSSR count). The van der Waals surface area contributed by atoms with E-state index in [2.05, 4.69) is 4.98 Å². The summed E-state index contributed by atoms with van der Waals surface area (Å²) in [5, 5.41) is 8.93. The van der Waals surface area contributed by atoms with E-state index in [4.69, 9.17) is 9.84 Å². The molecule has 0 spiro atoms. The number of aliphatic hydroxyl groups excluding tert-OH is 1. The Morgan fingerprint density at radius 3 is 2.67 bits per heavy atom. The van der Waals surface area contributed by atoms with Crippen LogP contribution in [0.15, 0.2) is 12.3 Å². The maximum atomic E-state index is 12.2. The number of amides is 2. The van der Waals surface area contributed by atoms with Gasteiger partial charge < -0.3 is 9.84 Å². The molecular formula is C14H16N2O5. The summed E-state index contributed by atoms with van der Waals surface area (Å²) in [5.41, 5.74) is -0.150. The summed E-state index contributed by atoms with van der Waals surface area (Å²) in [6, 6.07) is 1.44. The molecule has 0 saturated carbocycles. The number of hydrogen-bond acceptors (Lipinski definition) is 6. The molecule has 1 aliphatic heterocycles. The van der Waals surface area contributed by atoms with Crippen molar-refractivity contribution in [2.75, 3.05) is 6.61 Å². The highest BCUT2D eigenvalue weighted by atomic mass is 16.6. The van der Waals surface area contributed by atoms with Crippen LogP contribution in [0, 0.1) is 0 Å². The molecular weight excluding hydrogens is 276 g/mol. The minimum atomic E-state index is -0.772. The maximum absolute atomic E-state index is 12.2. The van der Waals surface area contributed by atoms with Gasteiger partial charge in [-0.15, -0.1) is 0 Å². The van der Waals surface area contributed by atoms with Crippen molar-refractivity contribution in [1.82, 2.24) is 9.88 Å². The zero-order chi connectivity index (χ0) is 15.8. The Balaban J connectivity index is 2.32. The van der Waals surface area contributed by atoms with Gasteiger partial charge in [0.2, 0.25) is 5.78 Å². The molecule has 2 heterocycles. The molecule has 1 aliphatic rings. The molecule has 0 bridgehead atoms. The summed E-state index contributed by atoms with van der Waals surface area (Å²) in [7, 11) is 0. The average Bonchev–Trinajstić information content (AvgIpc) is 2.74. The second-order valence-electron chi connectivity index (χ2n) is 5.64. The first kappa shape index (κ1) is 15.1. The number of hydrogen-bond donors (Lipinski definition) is 1. The summed E-state index contributed by atoms with van der Waals surface area (Å²) in [6.07, 6.45) is 0.532. The fraction of sp³-hybridized carbons (Fsp3) is 0.429. The van der Waals surface area contributed by atoms with E-state index in [0.29, 0.717) is 5.56 Å². The Labute approximate surface area is 121 Å². The van der Waals surface area contributed by atoms with Gasteiger partial charge in [0, 0.05) is 17.3 Å². The molecule has 0 aromatic carbocycles. The quantitative estimate of drug-likeness (QED) is 0.821. The van der Waals surface area contributed by atoms with Gasteiger partial charge >= 0.3 is 6.09 Å². The van der Waals surface area contributed by atoms with Crippen molar-refractivity contribution in [3.8, 4) is 0 Å². The fourth-order valence-corrected chi connectivity index (χ4v) is 2.01. The third-order valence-corrected chi connectivity index (χ3v) is 2.87. The zero-order valence-electron chi connectivity index (χ0n) is 12.0. The lowest BCUT2D eigenvalue weighted by Crippen LogP contribution is -2.36. The van der Waals surface area contributed by atoms with Crippen LogP contribution < -0.4 is 0 Å². The lowest BCUT2D eigenvalue weighted by atomic mass is 10.1. The largest absolute Gasteiger partial charge is 0.443 e. The number of ether oxygens (including phenoxy) is 1. The minimum Gasteiger partial charge on any atom is -0.443 e. The van der Waals surface area contributed by atoms with Crippen LogP contribution in [0.2, 0.25) is 0 Å². The molecule has 0 saturated heterocycles. The Morgan fingerprint density at radius 2 is 2.10 bits per heavy atom. The minimum absolute atomic E-state index is 0.00871. The van der Waals surface area contributed by atoms with E-state index in [0.717, 1.165) is 4.90 Å². The summed E-state index contributed by atoms with van der Waals surface area (Å²) >= 11 is 0. The number of aliphatic hydroxyl groups is 1. The summed E-state index contributed by atoms with van der Waals surface area (Å²) in [5.74, 6) is -1.13. The molecule has 1 N–H and O–H groups in total. The van der Waals surface area contributed by atoms with Crippen molar-refractivity contribution in [1.29, 1.82) is 0 Å². The van der Waals surface area contributed by atoms with Crippen LogP contribution in [0.1, 0.15) is 47.2 Å². The normalized spacial score (nSPS) is 14.1. The average molecular weight is 292 g/mol. The van der Waals surface area contributed by atoms with Crippen LogP contribution in [-0.2, 0) is 11.3 Å². The van der Waals surface area contributed by atoms with Crippen LogP contribution in [0.25, 0.3) is 0 Å². The second-order valence-corrected chi connectivity index (χ2v) is 5.64. The molecule has 0 aliphatic carbocycles. The van der Waals surface area contributed by atoms with Gasteiger partial charge in [-0.2, -0.15) is 0 Å². The van der Waals surface area contributed by atoms with Gasteiger partial charge in [0.05, 0.1) is 6.54 Å². The predicted octanol–water partition coefficient (Wildman–Crippen LogP) is 1.15. The monoisotopic (exact) mass is 292 g/mol. The Morgan fingerprint density at radius 1 is 1.43 bits per heavy atom. The highest BCUT2D eigenvalue weighted by Crippen LogP contribution is 2.26. The smallest absolute Gasteiger partial charge is 0.417 e. The SMILES string of the molecule is CC(C)(C)OC(=O)N1Cc2c(ccnc2C(=O)CO)C1=O. The van der Waals surface area contributed by atoms with E-state index < -0.39 is 30.0 Å². The van der Waals surface area contributed by atoms with Gasteiger partial charge in [0.15, 0.2) is 0 Å². The number of aromatic nitrogens is 1. The molecule has 1 aromatic rings. The summed E-state index contributed by atoms with van der Waals surface area (Å²) in [4.78, 5) is 40.7.